The number of carboxylic acid groups (broad SMARTS) is 1. The predicted octanol–water partition coefficient (Wildman–Crippen LogP) is -0.179. The molecule has 166 valence electrons. The molecule has 1 aliphatic rings. The number of esters is 1. The maximum absolute atomic E-state index is 12.3. The van der Waals surface area contributed by atoms with Gasteiger partial charge in [0, 0.05) is 29.6 Å². The molecule has 31 heavy (non-hydrogen) atoms. The second-order valence-electron chi connectivity index (χ2n) is 6.05. The van der Waals surface area contributed by atoms with E-state index < -0.39 is 29.7 Å². The molecule has 0 fully saturated rings. The molecule has 0 aliphatic carbocycles. The van der Waals surface area contributed by atoms with E-state index >= 15 is 0 Å². The molecule has 1 aliphatic heterocycles. The molecular formula is C18H15ClF3N3O6. The average molecular weight is 462 g/mol. The summed E-state index contributed by atoms with van der Waals surface area (Å²) < 4.78 is 38.0. The van der Waals surface area contributed by atoms with Crippen molar-refractivity contribution >= 4 is 29.4 Å². The largest absolute Gasteiger partial charge is 0.542 e. The van der Waals surface area contributed by atoms with Gasteiger partial charge in [0.25, 0.3) is 5.91 Å². The molecule has 1 atom stereocenters. The van der Waals surface area contributed by atoms with Gasteiger partial charge < -0.3 is 25.1 Å². The number of pyridine rings is 2. The van der Waals surface area contributed by atoms with Crippen LogP contribution in [-0.4, -0.2) is 40.7 Å². The van der Waals surface area contributed by atoms with Gasteiger partial charge in [0.15, 0.2) is 18.1 Å². The Morgan fingerprint density at radius 3 is 2.55 bits per heavy atom. The number of nitrogens with one attached hydrogen (secondary N) is 1. The van der Waals surface area contributed by atoms with Crippen LogP contribution < -0.4 is 15.0 Å². The van der Waals surface area contributed by atoms with Gasteiger partial charge in [0.2, 0.25) is 6.54 Å². The Hall–Kier alpha value is -3.25. The van der Waals surface area contributed by atoms with Gasteiger partial charge in [-0.2, -0.15) is 17.7 Å². The molecule has 1 unspecified atom stereocenters. The molecule has 3 heterocycles. The predicted molar refractivity (Wildman–Crippen MR) is 94.0 cm³/mol. The van der Waals surface area contributed by atoms with E-state index in [-0.39, 0.29) is 23.7 Å². The van der Waals surface area contributed by atoms with Crippen LogP contribution in [0.4, 0.5) is 13.2 Å². The van der Waals surface area contributed by atoms with Gasteiger partial charge in [-0.3, -0.25) is 9.78 Å². The van der Waals surface area contributed by atoms with Gasteiger partial charge in [-0.1, -0.05) is 11.6 Å². The van der Waals surface area contributed by atoms with Crippen molar-refractivity contribution in [3.8, 4) is 0 Å². The third-order valence-corrected chi connectivity index (χ3v) is 4.26. The molecule has 0 saturated heterocycles. The van der Waals surface area contributed by atoms with Crippen molar-refractivity contribution in [2.75, 3.05) is 6.61 Å². The van der Waals surface area contributed by atoms with Crippen LogP contribution in [0.15, 0.2) is 36.9 Å². The number of carbonyl (C=O) groups is 3. The van der Waals surface area contributed by atoms with Crippen molar-refractivity contribution < 1.29 is 47.1 Å². The van der Waals surface area contributed by atoms with Gasteiger partial charge in [0.1, 0.15) is 11.5 Å². The number of halogens is 4. The first-order valence-electron chi connectivity index (χ1n) is 8.52. The average Bonchev–Trinajstić information content (AvgIpc) is 2.93. The third kappa shape index (κ3) is 5.47. The molecule has 3 rings (SSSR count). The molecule has 0 aromatic carbocycles. The number of aliphatic carboxylic acids is 1. The normalized spacial score (nSPS) is 17.2. The van der Waals surface area contributed by atoms with Crippen molar-refractivity contribution in [1.29, 1.82) is 0 Å². The topological polar surface area (TPSA) is 133 Å². The van der Waals surface area contributed by atoms with E-state index in [0.717, 1.165) is 0 Å². The third-order valence-electron chi connectivity index (χ3n) is 3.96. The van der Waals surface area contributed by atoms with Gasteiger partial charge in [-0.25, -0.2) is 4.79 Å². The van der Waals surface area contributed by atoms with Crippen LogP contribution in [0.25, 0.3) is 0 Å². The summed E-state index contributed by atoms with van der Waals surface area (Å²) in [5.41, 5.74) is -0.789. The van der Waals surface area contributed by atoms with E-state index in [9.17, 15) is 27.9 Å². The monoisotopic (exact) mass is 461 g/mol. The number of nitrogens with zero attached hydrogens (tertiary/aromatic N) is 2. The summed E-state index contributed by atoms with van der Waals surface area (Å²) in [6, 6.07) is 3.11. The Kier molecular flexibility index (Phi) is 7.18. The lowest BCUT2D eigenvalue weighted by molar-refractivity contribution is -0.686. The zero-order valence-electron chi connectivity index (χ0n) is 15.8. The first kappa shape index (κ1) is 24.0. The van der Waals surface area contributed by atoms with Gasteiger partial charge >= 0.3 is 12.1 Å². The van der Waals surface area contributed by atoms with Gasteiger partial charge in [-0.15, -0.1) is 0 Å². The van der Waals surface area contributed by atoms with E-state index in [4.69, 9.17) is 26.2 Å². The molecule has 2 aromatic heterocycles. The number of fused-ring (bicyclic) bond motifs is 1. The summed E-state index contributed by atoms with van der Waals surface area (Å²) in [5, 5.41) is 22.5. The summed E-state index contributed by atoms with van der Waals surface area (Å²) in [6.07, 6.45) is 0.765. The van der Waals surface area contributed by atoms with Gasteiger partial charge in [0.05, 0.1) is 11.6 Å². The van der Waals surface area contributed by atoms with E-state index in [2.05, 4.69) is 10.3 Å². The molecule has 2 aromatic rings. The number of aliphatic hydroxyl groups is 1. The lowest BCUT2D eigenvalue weighted by Gasteiger charge is -2.24. The second-order valence-corrected chi connectivity index (χ2v) is 6.46. The van der Waals surface area contributed by atoms with Crippen molar-refractivity contribution in [1.82, 2.24) is 10.3 Å². The van der Waals surface area contributed by atoms with Crippen molar-refractivity contribution in [3.63, 3.8) is 0 Å². The Bertz CT molecular complexity index is 1020. The summed E-state index contributed by atoms with van der Waals surface area (Å²) in [4.78, 5) is 36.5. The van der Waals surface area contributed by atoms with E-state index in [1.165, 1.54) is 29.2 Å². The zero-order valence-corrected chi connectivity index (χ0v) is 16.5. The van der Waals surface area contributed by atoms with E-state index in [1.807, 2.05) is 0 Å². The summed E-state index contributed by atoms with van der Waals surface area (Å²) in [6.45, 7) is 1.98. The summed E-state index contributed by atoms with van der Waals surface area (Å²) >= 11 is 6.10. The van der Waals surface area contributed by atoms with Crippen LogP contribution in [0.5, 0.6) is 0 Å². The van der Waals surface area contributed by atoms with E-state index in [1.54, 1.807) is 19.2 Å². The number of carbonyl (C=O) groups excluding carboxylic acids is 3. The SMILES string of the molecule is CCOC(=O)C[n+]1ccc2c(c1)C(=O)NC2(O)c1ccncc1Cl.O=C([O-])C(F)(F)F. The molecule has 0 spiro atoms. The van der Waals surface area contributed by atoms with Crippen LogP contribution >= 0.6 is 11.6 Å². The zero-order chi connectivity index (χ0) is 23.4. The summed E-state index contributed by atoms with van der Waals surface area (Å²) in [5.74, 6) is -3.88. The standard InChI is InChI=1S/C16H14ClN3O4.C2HF3O2/c1-2-24-14(21)9-20-6-4-11-10(8-20)15(22)19-16(11,23)12-3-5-18-7-13(12)17;3-2(4,5)1(6)7/h3-8,23H,2,9H2,1H3;(H,6,7). The van der Waals surface area contributed by atoms with Crippen molar-refractivity contribution in [3.05, 3.63) is 58.6 Å². The first-order chi connectivity index (χ1) is 14.4. The minimum Gasteiger partial charge on any atom is -0.542 e. The Balaban J connectivity index is 0.000000423. The molecular weight excluding hydrogens is 447 g/mol. The number of amides is 1. The molecule has 0 saturated carbocycles. The lowest BCUT2D eigenvalue weighted by Crippen LogP contribution is -2.40. The molecule has 1 amide bonds. The Morgan fingerprint density at radius 2 is 2.00 bits per heavy atom. The molecule has 13 heteroatoms. The lowest BCUT2D eigenvalue weighted by atomic mass is 9.96. The highest BCUT2D eigenvalue weighted by Gasteiger charge is 2.45. The number of alkyl halides is 3. The van der Waals surface area contributed by atoms with Crippen LogP contribution in [0.1, 0.15) is 28.4 Å². The Labute approximate surface area is 178 Å². The second kappa shape index (κ2) is 9.27. The minimum atomic E-state index is -5.19. The number of carboxylic acids is 1. The van der Waals surface area contributed by atoms with Crippen molar-refractivity contribution in [2.24, 2.45) is 0 Å². The van der Waals surface area contributed by atoms with Crippen molar-refractivity contribution in [2.45, 2.75) is 25.4 Å². The number of rotatable bonds is 4. The van der Waals surface area contributed by atoms with Crippen LogP contribution in [0.2, 0.25) is 5.02 Å². The van der Waals surface area contributed by atoms with Crippen LogP contribution in [0, 0.1) is 0 Å². The maximum Gasteiger partial charge on any atom is 0.430 e. The fourth-order valence-corrected chi connectivity index (χ4v) is 2.93. The molecule has 0 bridgehead atoms. The molecule has 2 N–H and O–H groups in total. The Morgan fingerprint density at radius 1 is 1.35 bits per heavy atom. The smallest absolute Gasteiger partial charge is 0.430 e. The highest BCUT2D eigenvalue weighted by Crippen LogP contribution is 2.36. The highest BCUT2D eigenvalue weighted by molar-refractivity contribution is 6.31. The number of aromatic nitrogens is 2. The maximum atomic E-state index is 12.3. The first-order valence-corrected chi connectivity index (χ1v) is 8.90. The fourth-order valence-electron chi connectivity index (χ4n) is 2.67. The van der Waals surface area contributed by atoms with Crippen LogP contribution in [-0.2, 0) is 26.6 Å². The minimum absolute atomic E-state index is 0.0250. The number of ether oxygens (including phenoxy) is 1. The van der Waals surface area contributed by atoms with Gasteiger partial charge in [-0.05, 0) is 13.0 Å². The molecule has 0 radical (unpaired) electrons. The number of hydrogen-bond acceptors (Lipinski definition) is 7. The quantitative estimate of drug-likeness (QED) is 0.477. The van der Waals surface area contributed by atoms with Crippen LogP contribution in [0.3, 0.4) is 0 Å². The summed E-state index contributed by atoms with van der Waals surface area (Å²) in [7, 11) is 0. The number of hydrogen-bond donors (Lipinski definition) is 2. The highest BCUT2D eigenvalue weighted by atomic mass is 35.5. The molecule has 9 nitrogen and oxygen atoms in total. The fraction of sp³-hybridized carbons (Fsp3) is 0.278. The van der Waals surface area contributed by atoms with E-state index in [0.29, 0.717) is 11.1 Å².